The first-order valence-electron chi connectivity index (χ1n) is 4.66. The molecule has 15 heavy (non-hydrogen) atoms. The number of carbonyl (C=O) groups is 1. The summed E-state index contributed by atoms with van der Waals surface area (Å²) in [5.74, 6) is -2.39. The molecule has 0 aromatic rings. The summed E-state index contributed by atoms with van der Waals surface area (Å²) < 4.78 is 24.3. The van der Waals surface area contributed by atoms with Crippen LogP contribution in [0.3, 0.4) is 0 Å². The predicted octanol–water partition coefficient (Wildman–Crippen LogP) is -0.458. The van der Waals surface area contributed by atoms with E-state index >= 15 is 0 Å². The molecule has 0 amide bonds. The molecule has 0 heterocycles. The Bertz CT molecular complexity index is 307. The molecule has 0 saturated heterocycles. The van der Waals surface area contributed by atoms with Crippen LogP contribution in [0, 0.1) is 0 Å². The molecule has 90 valence electrons. The zero-order valence-corrected chi connectivity index (χ0v) is 9.67. The fraction of sp³-hybridized carbons (Fsp3) is 0.875. The van der Waals surface area contributed by atoms with Crippen molar-refractivity contribution in [2.75, 3.05) is 12.3 Å². The molecule has 0 spiro atoms. The molecule has 0 unspecified atom stereocenters. The van der Waals surface area contributed by atoms with Gasteiger partial charge < -0.3 is 10.2 Å². The van der Waals surface area contributed by atoms with Crippen molar-refractivity contribution in [1.82, 2.24) is 4.72 Å². The number of hydrogen-bond acceptors (Lipinski definition) is 4. The van der Waals surface area contributed by atoms with Crippen molar-refractivity contribution < 1.29 is 23.4 Å². The van der Waals surface area contributed by atoms with E-state index in [0.29, 0.717) is 12.8 Å². The van der Waals surface area contributed by atoms with E-state index in [9.17, 15) is 18.3 Å². The van der Waals surface area contributed by atoms with Crippen molar-refractivity contribution in [2.24, 2.45) is 0 Å². The van der Waals surface area contributed by atoms with Gasteiger partial charge in [-0.1, -0.05) is 13.8 Å². The van der Waals surface area contributed by atoms with E-state index < -0.39 is 27.3 Å². The van der Waals surface area contributed by atoms with E-state index in [1.807, 2.05) is 0 Å². The van der Waals surface area contributed by atoms with E-state index in [4.69, 9.17) is 5.11 Å². The second kappa shape index (κ2) is 5.43. The van der Waals surface area contributed by atoms with Crippen molar-refractivity contribution in [2.45, 2.75) is 32.3 Å². The molecule has 0 radical (unpaired) electrons. The van der Waals surface area contributed by atoms with Crippen LogP contribution in [-0.2, 0) is 14.8 Å². The molecule has 7 heteroatoms. The highest BCUT2D eigenvalue weighted by Gasteiger charge is 2.25. The van der Waals surface area contributed by atoms with Gasteiger partial charge in [0.2, 0.25) is 10.0 Å². The lowest BCUT2D eigenvalue weighted by Gasteiger charge is -2.24. The number of nitrogens with one attached hydrogen (secondary N) is 1. The van der Waals surface area contributed by atoms with E-state index in [0.717, 1.165) is 0 Å². The van der Waals surface area contributed by atoms with E-state index in [1.54, 1.807) is 13.8 Å². The molecule has 0 aliphatic rings. The lowest BCUT2D eigenvalue weighted by Crippen LogP contribution is -2.43. The smallest absolute Gasteiger partial charge is 0.320 e. The van der Waals surface area contributed by atoms with Crippen LogP contribution in [-0.4, -0.2) is 42.5 Å². The van der Waals surface area contributed by atoms with Gasteiger partial charge >= 0.3 is 5.97 Å². The molecule has 0 aromatic heterocycles. The molecule has 0 bridgehead atoms. The third-order valence-corrected chi connectivity index (χ3v) is 3.46. The van der Waals surface area contributed by atoms with Crippen LogP contribution >= 0.6 is 0 Å². The SMILES string of the molecule is CCC(O)(CC)CNS(=O)(=O)CC(=O)O. The summed E-state index contributed by atoms with van der Waals surface area (Å²) in [6.07, 6.45) is 0.804. The van der Waals surface area contributed by atoms with Crippen LogP contribution in [0.1, 0.15) is 26.7 Å². The van der Waals surface area contributed by atoms with E-state index in [2.05, 4.69) is 4.72 Å². The lowest BCUT2D eigenvalue weighted by molar-refractivity contribution is -0.134. The highest BCUT2D eigenvalue weighted by Crippen LogP contribution is 2.13. The Kier molecular flexibility index (Phi) is 5.19. The Morgan fingerprint density at radius 3 is 2.13 bits per heavy atom. The van der Waals surface area contributed by atoms with Crippen molar-refractivity contribution >= 4 is 16.0 Å². The quantitative estimate of drug-likeness (QED) is 0.558. The normalized spacial score (nSPS) is 12.7. The monoisotopic (exact) mass is 239 g/mol. The van der Waals surface area contributed by atoms with Crippen molar-refractivity contribution in [3.05, 3.63) is 0 Å². The minimum Gasteiger partial charge on any atom is -0.480 e. The summed E-state index contributed by atoms with van der Waals surface area (Å²) in [6, 6.07) is 0. The standard InChI is InChI=1S/C8H17NO5S/c1-3-8(12,4-2)6-9-15(13,14)5-7(10)11/h9,12H,3-6H2,1-2H3,(H,10,11). The fourth-order valence-corrected chi connectivity index (χ4v) is 1.87. The largest absolute Gasteiger partial charge is 0.480 e. The Morgan fingerprint density at radius 1 is 1.33 bits per heavy atom. The average molecular weight is 239 g/mol. The van der Waals surface area contributed by atoms with Gasteiger partial charge in [-0.05, 0) is 12.8 Å². The third kappa shape index (κ3) is 5.71. The highest BCUT2D eigenvalue weighted by atomic mass is 32.2. The lowest BCUT2D eigenvalue weighted by atomic mass is 9.98. The van der Waals surface area contributed by atoms with Crippen molar-refractivity contribution in [1.29, 1.82) is 0 Å². The number of carboxylic acid groups (broad SMARTS) is 1. The molecule has 6 nitrogen and oxygen atoms in total. The first-order chi connectivity index (χ1) is 6.74. The topological polar surface area (TPSA) is 104 Å². The molecule has 0 fully saturated rings. The summed E-state index contributed by atoms with van der Waals surface area (Å²) in [5, 5.41) is 18.1. The Hall–Kier alpha value is -0.660. The predicted molar refractivity (Wildman–Crippen MR) is 55.0 cm³/mol. The molecule has 0 saturated carbocycles. The molecule has 3 N–H and O–H groups in total. The van der Waals surface area contributed by atoms with Crippen LogP contribution in [0.15, 0.2) is 0 Å². The number of sulfonamides is 1. The number of carboxylic acids is 1. The van der Waals surface area contributed by atoms with Crippen molar-refractivity contribution in [3.8, 4) is 0 Å². The highest BCUT2D eigenvalue weighted by molar-refractivity contribution is 7.90. The number of rotatable bonds is 7. The molecule has 0 rings (SSSR count). The average Bonchev–Trinajstić information content (AvgIpc) is 2.12. The zero-order valence-electron chi connectivity index (χ0n) is 8.86. The van der Waals surface area contributed by atoms with Gasteiger partial charge in [-0.25, -0.2) is 13.1 Å². The zero-order chi connectivity index (χ0) is 12.1. The van der Waals surface area contributed by atoms with Gasteiger partial charge in [-0.2, -0.15) is 0 Å². The molecule has 0 atom stereocenters. The molecule has 0 aliphatic heterocycles. The first kappa shape index (κ1) is 14.3. The summed E-state index contributed by atoms with van der Waals surface area (Å²) in [4.78, 5) is 10.2. The molecular formula is C8H17NO5S. The van der Waals surface area contributed by atoms with Crippen LogP contribution in [0.2, 0.25) is 0 Å². The third-order valence-electron chi connectivity index (χ3n) is 2.25. The summed E-state index contributed by atoms with van der Waals surface area (Å²) in [7, 11) is -3.84. The summed E-state index contributed by atoms with van der Waals surface area (Å²) in [5.41, 5.74) is -1.11. The van der Waals surface area contributed by atoms with Gasteiger partial charge in [0, 0.05) is 6.54 Å². The van der Waals surface area contributed by atoms with E-state index in [-0.39, 0.29) is 6.54 Å². The van der Waals surface area contributed by atoms with Crippen LogP contribution in [0.4, 0.5) is 0 Å². The van der Waals surface area contributed by atoms with Gasteiger partial charge in [-0.3, -0.25) is 4.79 Å². The van der Waals surface area contributed by atoms with Crippen LogP contribution in [0.5, 0.6) is 0 Å². The number of hydrogen-bond donors (Lipinski definition) is 3. The minimum atomic E-state index is -3.84. The molecular weight excluding hydrogens is 222 g/mol. The minimum absolute atomic E-state index is 0.157. The maximum Gasteiger partial charge on any atom is 0.320 e. The fourth-order valence-electron chi connectivity index (χ4n) is 0.958. The Balaban J connectivity index is 4.32. The summed E-state index contributed by atoms with van der Waals surface area (Å²) in [6.45, 7) is 3.31. The maximum atomic E-state index is 11.1. The number of aliphatic hydroxyl groups is 1. The second-order valence-electron chi connectivity index (χ2n) is 3.41. The van der Waals surface area contributed by atoms with Gasteiger partial charge in [0.05, 0.1) is 5.60 Å². The Labute approximate surface area is 89.4 Å². The summed E-state index contributed by atoms with van der Waals surface area (Å²) >= 11 is 0. The van der Waals surface area contributed by atoms with Crippen LogP contribution < -0.4 is 4.72 Å². The molecule has 0 aromatic carbocycles. The maximum absolute atomic E-state index is 11.1. The van der Waals surface area contributed by atoms with Gasteiger partial charge in [0.15, 0.2) is 5.75 Å². The second-order valence-corrected chi connectivity index (χ2v) is 5.21. The number of aliphatic carboxylic acids is 1. The van der Waals surface area contributed by atoms with Crippen LogP contribution in [0.25, 0.3) is 0 Å². The van der Waals surface area contributed by atoms with Gasteiger partial charge in [-0.15, -0.1) is 0 Å². The first-order valence-corrected chi connectivity index (χ1v) is 6.31. The van der Waals surface area contributed by atoms with Gasteiger partial charge in [0.1, 0.15) is 0 Å². The van der Waals surface area contributed by atoms with Gasteiger partial charge in [0.25, 0.3) is 0 Å². The van der Waals surface area contributed by atoms with E-state index in [1.165, 1.54) is 0 Å². The van der Waals surface area contributed by atoms with Crippen molar-refractivity contribution in [3.63, 3.8) is 0 Å². The Morgan fingerprint density at radius 2 is 1.80 bits per heavy atom. The molecule has 0 aliphatic carbocycles.